The first-order valence-electron chi connectivity index (χ1n) is 6.58. The summed E-state index contributed by atoms with van der Waals surface area (Å²) in [4.78, 5) is 25.6. The van der Waals surface area contributed by atoms with Gasteiger partial charge in [0.25, 0.3) is 0 Å². The van der Waals surface area contributed by atoms with Crippen molar-refractivity contribution in [1.29, 1.82) is 0 Å². The molecule has 1 saturated heterocycles. The fraction of sp³-hybridized carbons (Fsp3) is 0.429. The van der Waals surface area contributed by atoms with Gasteiger partial charge in [-0.2, -0.15) is 0 Å². The van der Waals surface area contributed by atoms with E-state index in [9.17, 15) is 9.59 Å². The second-order valence-electron chi connectivity index (χ2n) is 4.66. The van der Waals surface area contributed by atoms with Crippen LogP contribution >= 0.6 is 12.4 Å². The van der Waals surface area contributed by atoms with E-state index in [1.165, 1.54) is 0 Å². The average Bonchev–Trinajstić information content (AvgIpc) is 2.86. The zero-order valence-electron chi connectivity index (χ0n) is 11.9. The first kappa shape index (κ1) is 17.3. The first-order chi connectivity index (χ1) is 9.67. The number of carbonyl (C=O) groups is 2. The van der Waals surface area contributed by atoms with Gasteiger partial charge in [-0.15, -0.1) is 12.4 Å². The lowest BCUT2D eigenvalue weighted by atomic mass is 10.1. The number of nitrogens with one attached hydrogen (secondary N) is 1. The molecule has 1 unspecified atom stereocenters. The molecule has 1 aliphatic heterocycles. The number of para-hydroxylation sites is 2. The molecule has 0 saturated carbocycles. The summed E-state index contributed by atoms with van der Waals surface area (Å²) in [6.45, 7) is 1.19. The number of benzene rings is 1. The summed E-state index contributed by atoms with van der Waals surface area (Å²) in [5, 5.41) is 2.72. The molecule has 116 valence electrons. The minimum absolute atomic E-state index is 0. The number of methoxy groups -OCH3 is 1. The van der Waals surface area contributed by atoms with Crippen molar-refractivity contribution in [3.63, 3.8) is 0 Å². The third kappa shape index (κ3) is 3.86. The largest absolute Gasteiger partial charge is 0.495 e. The second kappa shape index (κ2) is 7.85. The fourth-order valence-corrected chi connectivity index (χ4v) is 2.31. The smallest absolute Gasteiger partial charge is 0.227 e. The standard InChI is InChI=1S/C14H19N3O3.ClH/c1-20-12-5-3-2-4-11(12)17-9-10(8-13(17)18)14(19)16-7-6-15;/h2-5,10H,6-9,15H2,1H3,(H,16,19);1H. The number of hydrogen-bond donors (Lipinski definition) is 2. The van der Waals surface area contributed by atoms with Gasteiger partial charge in [0.05, 0.1) is 18.7 Å². The van der Waals surface area contributed by atoms with E-state index in [1.54, 1.807) is 18.1 Å². The van der Waals surface area contributed by atoms with E-state index < -0.39 is 0 Å². The van der Waals surface area contributed by atoms with Gasteiger partial charge in [0.15, 0.2) is 0 Å². The van der Waals surface area contributed by atoms with Crippen LogP contribution in [-0.4, -0.2) is 38.6 Å². The highest BCUT2D eigenvalue weighted by Gasteiger charge is 2.35. The molecule has 1 heterocycles. The van der Waals surface area contributed by atoms with Gasteiger partial charge in [0.2, 0.25) is 11.8 Å². The zero-order valence-corrected chi connectivity index (χ0v) is 12.7. The Kier molecular flexibility index (Phi) is 6.45. The summed E-state index contributed by atoms with van der Waals surface area (Å²) >= 11 is 0. The fourth-order valence-electron chi connectivity index (χ4n) is 2.31. The van der Waals surface area contributed by atoms with E-state index in [0.29, 0.717) is 31.1 Å². The lowest BCUT2D eigenvalue weighted by Gasteiger charge is -2.19. The lowest BCUT2D eigenvalue weighted by molar-refractivity contribution is -0.126. The van der Waals surface area contributed by atoms with Crippen LogP contribution in [0, 0.1) is 5.92 Å². The predicted molar refractivity (Wildman–Crippen MR) is 82.8 cm³/mol. The van der Waals surface area contributed by atoms with Gasteiger partial charge in [-0.25, -0.2) is 0 Å². The molecule has 7 heteroatoms. The normalized spacial score (nSPS) is 17.3. The van der Waals surface area contributed by atoms with Crippen LogP contribution in [0.1, 0.15) is 6.42 Å². The second-order valence-corrected chi connectivity index (χ2v) is 4.66. The molecule has 0 aromatic heterocycles. The number of nitrogens with zero attached hydrogens (tertiary/aromatic N) is 1. The number of hydrogen-bond acceptors (Lipinski definition) is 4. The summed E-state index contributed by atoms with van der Waals surface area (Å²) in [7, 11) is 1.56. The van der Waals surface area contributed by atoms with Crippen molar-refractivity contribution in [3.05, 3.63) is 24.3 Å². The van der Waals surface area contributed by atoms with Gasteiger partial charge in [-0.1, -0.05) is 12.1 Å². The number of amides is 2. The molecule has 0 bridgehead atoms. The number of rotatable bonds is 5. The molecule has 1 aromatic rings. The molecule has 6 nitrogen and oxygen atoms in total. The van der Waals surface area contributed by atoms with Gasteiger partial charge in [-0.3, -0.25) is 9.59 Å². The van der Waals surface area contributed by atoms with Crippen molar-refractivity contribution < 1.29 is 14.3 Å². The molecular formula is C14H20ClN3O3. The van der Waals surface area contributed by atoms with E-state index in [4.69, 9.17) is 10.5 Å². The van der Waals surface area contributed by atoms with Crippen LogP contribution in [0.4, 0.5) is 5.69 Å². The van der Waals surface area contributed by atoms with Crippen molar-refractivity contribution in [2.75, 3.05) is 31.6 Å². The highest BCUT2D eigenvalue weighted by Crippen LogP contribution is 2.32. The van der Waals surface area contributed by atoms with Crippen LogP contribution in [0.15, 0.2) is 24.3 Å². The summed E-state index contributed by atoms with van der Waals surface area (Å²) in [5.74, 6) is 0.103. The van der Waals surface area contributed by atoms with Crippen molar-refractivity contribution >= 4 is 29.9 Å². The Labute approximate surface area is 130 Å². The molecule has 21 heavy (non-hydrogen) atoms. The number of ether oxygens (including phenoxy) is 1. The number of nitrogens with two attached hydrogens (primary N) is 1. The van der Waals surface area contributed by atoms with Crippen molar-refractivity contribution in [1.82, 2.24) is 5.32 Å². The first-order valence-corrected chi connectivity index (χ1v) is 6.58. The highest BCUT2D eigenvalue weighted by molar-refractivity contribution is 6.01. The molecule has 2 rings (SSSR count). The van der Waals surface area contributed by atoms with E-state index in [0.717, 1.165) is 0 Å². The third-order valence-corrected chi connectivity index (χ3v) is 3.32. The molecular weight excluding hydrogens is 294 g/mol. The molecule has 2 amide bonds. The van der Waals surface area contributed by atoms with Gasteiger partial charge < -0.3 is 20.7 Å². The van der Waals surface area contributed by atoms with Crippen molar-refractivity contribution in [2.45, 2.75) is 6.42 Å². The Hall–Kier alpha value is -1.79. The molecule has 0 aliphatic carbocycles. The predicted octanol–water partition coefficient (Wildman–Crippen LogP) is 0.545. The lowest BCUT2D eigenvalue weighted by Crippen LogP contribution is -2.35. The Morgan fingerprint density at radius 1 is 1.48 bits per heavy atom. The van der Waals surface area contributed by atoms with Crippen LogP contribution < -0.4 is 20.7 Å². The molecule has 1 atom stereocenters. The van der Waals surface area contributed by atoms with Crippen LogP contribution in [0.5, 0.6) is 5.75 Å². The molecule has 1 aromatic carbocycles. The van der Waals surface area contributed by atoms with Crippen molar-refractivity contribution in [3.8, 4) is 5.75 Å². The topological polar surface area (TPSA) is 84.7 Å². The minimum Gasteiger partial charge on any atom is -0.495 e. The third-order valence-electron chi connectivity index (χ3n) is 3.32. The van der Waals surface area contributed by atoms with Crippen LogP contribution in [0.25, 0.3) is 0 Å². The number of halogens is 1. The van der Waals surface area contributed by atoms with Crippen LogP contribution in [-0.2, 0) is 9.59 Å². The summed E-state index contributed by atoms with van der Waals surface area (Å²) in [6, 6.07) is 7.29. The van der Waals surface area contributed by atoms with E-state index in [-0.39, 0.29) is 36.6 Å². The number of anilines is 1. The van der Waals surface area contributed by atoms with E-state index >= 15 is 0 Å². The monoisotopic (exact) mass is 313 g/mol. The maximum Gasteiger partial charge on any atom is 0.227 e. The maximum absolute atomic E-state index is 12.1. The van der Waals surface area contributed by atoms with Gasteiger partial charge in [0.1, 0.15) is 5.75 Å². The van der Waals surface area contributed by atoms with Crippen LogP contribution in [0.3, 0.4) is 0 Å². The number of carbonyl (C=O) groups excluding carboxylic acids is 2. The van der Waals surface area contributed by atoms with Crippen molar-refractivity contribution in [2.24, 2.45) is 11.7 Å². The Morgan fingerprint density at radius 3 is 2.86 bits per heavy atom. The minimum atomic E-state index is -0.334. The van der Waals surface area contributed by atoms with E-state index in [1.807, 2.05) is 18.2 Å². The quantitative estimate of drug-likeness (QED) is 0.831. The Balaban J connectivity index is 0.00000220. The maximum atomic E-state index is 12.1. The van der Waals surface area contributed by atoms with Gasteiger partial charge in [-0.05, 0) is 12.1 Å². The SMILES string of the molecule is COc1ccccc1N1CC(C(=O)NCCN)CC1=O.Cl. The molecule has 0 radical (unpaired) electrons. The van der Waals surface area contributed by atoms with E-state index in [2.05, 4.69) is 5.32 Å². The molecule has 0 spiro atoms. The highest BCUT2D eigenvalue weighted by atomic mass is 35.5. The molecule has 1 fully saturated rings. The Morgan fingerprint density at radius 2 is 2.19 bits per heavy atom. The molecule has 3 N–H and O–H groups in total. The van der Waals surface area contributed by atoms with Gasteiger partial charge in [0, 0.05) is 26.1 Å². The summed E-state index contributed by atoms with van der Waals surface area (Å²) < 4.78 is 5.26. The summed E-state index contributed by atoms with van der Waals surface area (Å²) in [6.07, 6.45) is 0.217. The summed E-state index contributed by atoms with van der Waals surface area (Å²) in [5.41, 5.74) is 6.05. The Bertz CT molecular complexity index is 510. The molecule has 1 aliphatic rings. The van der Waals surface area contributed by atoms with Gasteiger partial charge >= 0.3 is 0 Å². The zero-order chi connectivity index (χ0) is 14.5. The van der Waals surface area contributed by atoms with Crippen LogP contribution in [0.2, 0.25) is 0 Å². The average molecular weight is 314 g/mol.